The van der Waals surface area contributed by atoms with Crippen LogP contribution in [0, 0.1) is 11.7 Å². The lowest BCUT2D eigenvalue weighted by Gasteiger charge is -2.17. The molecule has 0 radical (unpaired) electrons. The molecule has 0 aliphatic carbocycles. The van der Waals surface area contributed by atoms with Crippen LogP contribution in [-0.4, -0.2) is 29.8 Å². The Morgan fingerprint density at radius 3 is 2.54 bits per heavy atom. The average Bonchev–Trinajstić information content (AvgIpc) is 2.94. The molecule has 24 heavy (non-hydrogen) atoms. The maximum Gasteiger partial charge on any atom is 0.251 e. The van der Waals surface area contributed by atoms with Crippen molar-refractivity contribution < 1.29 is 14.0 Å². The van der Waals surface area contributed by atoms with Gasteiger partial charge in [0.1, 0.15) is 5.82 Å². The zero-order valence-electron chi connectivity index (χ0n) is 13.2. The summed E-state index contributed by atoms with van der Waals surface area (Å²) in [6.07, 6.45) is 0.441. The van der Waals surface area contributed by atoms with Gasteiger partial charge in [-0.05, 0) is 29.8 Å². The second-order valence-electron chi connectivity index (χ2n) is 6.05. The number of carbonyl (C=O) groups is 2. The van der Waals surface area contributed by atoms with Gasteiger partial charge in [0.25, 0.3) is 5.91 Å². The van der Waals surface area contributed by atoms with E-state index in [0.29, 0.717) is 31.6 Å². The van der Waals surface area contributed by atoms with Crippen LogP contribution in [0.5, 0.6) is 0 Å². The summed E-state index contributed by atoms with van der Waals surface area (Å²) in [7, 11) is 0. The number of carbonyl (C=O) groups excluding carboxylic acids is 2. The van der Waals surface area contributed by atoms with Gasteiger partial charge < -0.3 is 10.2 Å². The second kappa shape index (κ2) is 7.25. The van der Waals surface area contributed by atoms with E-state index < -0.39 is 0 Å². The van der Waals surface area contributed by atoms with E-state index >= 15 is 0 Å². The Kier molecular flexibility index (Phi) is 4.89. The SMILES string of the molecule is O=C(NCC1CC(=O)N(Cc2ccccc2)C1)c1ccc(F)cc1. The van der Waals surface area contributed by atoms with Crippen molar-refractivity contribution in [1.29, 1.82) is 0 Å². The number of likely N-dealkylation sites (tertiary alicyclic amines) is 1. The highest BCUT2D eigenvalue weighted by Crippen LogP contribution is 2.19. The number of hydrogen-bond donors (Lipinski definition) is 1. The molecule has 0 spiro atoms. The number of hydrogen-bond acceptors (Lipinski definition) is 2. The molecule has 1 fully saturated rings. The van der Waals surface area contributed by atoms with Gasteiger partial charge in [0.15, 0.2) is 0 Å². The topological polar surface area (TPSA) is 49.4 Å². The number of halogens is 1. The molecule has 1 heterocycles. The van der Waals surface area contributed by atoms with E-state index in [1.54, 1.807) is 0 Å². The maximum absolute atomic E-state index is 12.9. The molecule has 0 bridgehead atoms. The van der Waals surface area contributed by atoms with Crippen LogP contribution in [0.4, 0.5) is 4.39 Å². The van der Waals surface area contributed by atoms with Crippen LogP contribution < -0.4 is 5.32 Å². The Labute approximate surface area is 140 Å². The molecule has 1 atom stereocenters. The summed E-state index contributed by atoms with van der Waals surface area (Å²) in [5, 5.41) is 2.83. The van der Waals surface area contributed by atoms with Crippen LogP contribution >= 0.6 is 0 Å². The fraction of sp³-hybridized carbons (Fsp3) is 0.263. The van der Waals surface area contributed by atoms with E-state index in [1.807, 2.05) is 35.2 Å². The van der Waals surface area contributed by atoms with Gasteiger partial charge in [-0.15, -0.1) is 0 Å². The number of benzene rings is 2. The predicted molar refractivity (Wildman–Crippen MR) is 88.7 cm³/mol. The van der Waals surface area contributed by atoms with E-state index in [2.05, 4.69) is 5.32 Å². The standard InChI is InChI=1S/C19H19FN2O2/c20-17-8-6-16(7-9-17)19(24)21-11-15-10-18(23)22(13-15)12-14-4-2-1-3-5-14/h1-9,15H,10-13H2,(H,21,24). The maximum atomic E-state index is 12.9. The fourth-order valence-electron chi connectivity index (χ4n) is 2.89. The molecule has 2 amide bonds. The van der Waals surface area contributed by atoms with Gasteiger partial charge in [-0.2, -0.15) is 0 Å². The van der Waals surface area contributed by atoms with Gasteiger partial charge in [0.2, 0.25) is 5.91 Å². The Morgan fingerprint density at radius 2 is 1.83 bits per heavy atom. The molecular formula is C19H19FN2O2. The highest BCUT2D eigenvalue weighted by Gasteiger charge is 2.29. The first-order chi connectivity index (χ1) is 11.6. The van der Waals surface area contributed by atoms with Gasteiger partial charge in [0, 0.05) is 37.5 Å². The minimum absolute atomic E-state index is 0.102. The lowest BCUT2D eigenvalue weighted by atomic mass is 10.1. The molecule has 5 heteroatoms. The zero-order valence-corrected chi connectivity index (χ0v) is 13.2. The third-order valence-electron chi connectivity index (χ3n) is 4.17. The third kappa shape index (κ3) is 3.98. The monoisotopic (exact) mass is 326 g/mol. The van der Waals surface area contributed by atoms with Crippen LogP contribution in [0.2, 0.25) is 0 Å². The van der Waals surface area contributed by atoms with Crippen molar-refractivity contribution in [2.75, 3.05) is 13.1 Å². The minimum Gasteiger partial charge on any atom is -0.352 e. The summed E-state index contributed by atoms with van der Waals surface area (Å²) < 4.78 is 12.9. The summed E-state index contributed by atoms with van der Waals surface area (Å²) in [5.74, 6) is -0.404. The van der Waals surface area contributed by atoms with Crippen LogP contribution in [0.25, 0.3) is 0 Å². The van der Waals surface area contributed by atoms with Crippen molar-refractivity contribution in [2.24, 2.45) is 5.92 Å². The van der Waals surface area contributed by atoms with E-state index in [4.69, 9.17) is 0 Å². The molecule has 0 saturated carbocycles. The van der Waals surface area contributed by atoms with Crippen molar-refractivity contribution in [1.82, 2.24) is 10.2 Å². The summed E-state index contributed by atoms with van der Waals surface area (Å²) in [6, 6.07) is 15.3. The third-order valence-corrected chi connectivity index (χ3v) is 4.17. The highest BCUT2D eigenvalue weighted by molar-refractivity contribution is 5.94. The van der Waals surface area contributed by atoms with Crippen LogP contribution in [0.3, 0.4) is 0 Å². The first kappa shape index (κ1) is 16.2. The van der Waals surface area contributed by atoms with Gasteiger partial charge in [-0.25, -0.2) is 4.39 Å². The first-order valence-electron chi connectivity index (χ1n) is 7.97. The first-order valence-corrected chi connectivity index (χ1v) is 7.97. The van der Waals surface area contributed by atoms with Crippen LogP contribution in [0.1, 0.15) is 22.3 Å². The Hall–Kier alpha value is -2.69. The lowest BCUT2D eigenvalue weighted by molar-refractivity contribution is -0.128. The number of rotatable bonds is 5. The van der Waals surface area contributed by atoms with Crippen LogP contribution in [0.15, 0.2) is 54.6 Å². The molecule has 1 N–H and O–H groups in total. The van der Waals surface area contributed by atoms with Crippen molar-refractivity contribution in [2.45, 2.75) is 13.0 Å². The van der Waals surface area contributed by atoms with Crippen molar-refractivity contribution >= 4 is 11.8 Å². The van der Waals surface area contributed by atoms with Crippen LogP contribution in [-0.2, 0) is 11.3 Å². The summed E-state index contributed by atoms with van der Waals surface area (Å²) >= 11 is 0. The molecule has 1 unspecified atom stereocenters. The van der Waals surface area contributed by atoms with Crippen molar-refractivity contribution in [3.63, 3.8) is 0 Å². The Balaban J connectivity index is 1.51. The summed E-state index contributed by atoms with van der Waals surface area (Å²) in [4.78, 5) is 26.0. The zero-order chi connectivity index (χ0) is 16.9. The molecule has 2 aromatic rings. The number of amides is 2. The molecule has 0 aromatic heterocycles. The van der Waals surface area contributed by atoms with E-state index in [0.717, 1.165) is 5.56 Å². The van der Waals surface area contributed by atoms with Gasteiger partial charge >= 0.3 is 0 Å². The molecule has 4 nitrogen and oxygen atoms in total. The molecule has 1 saturated heterocycles. The molecular weight excluding hydrogens is 307 g/mol. The number of nitrogens with zero attached hydrogens (tertiary/aromatic N) is 1. The molecule has 2 aromatic carbocycles. The molecule has 3 rings (SSSR count). The van der Waals surface area contributed by atoms with Gasteiger partial charge in [-0.1, -0.05) is 30.3 Å². The highest BCUT2D eigenvalue weighted by atomic mass is 19.1. The fourth-order valence-corrected chi connectivity index (χ4v) is 2.89. The lowest BCUT2D eigenvalue weighted by Crippen LogP contribution is -2.31. The van der Waals surface area contributed by atoms with Gasteiger partial charge in [0.05, 0.1) is 0 Å². The van der Waals surface area contributed by atoms with Crippen molar-refractivity contribution in [3.05, 3.63) is 71.5 Å². The quantitative estimate of drug-likeness (QED) is 0.918. The average molecular weight is 326 g/mol. The van der Waals surface area contributed by atoms with E-state index in [-0.39, 0.29) is 23.5 Å². The smallest absolute Gasteiger partial charge is 0.251 e. The normalized spacial score (nSPS) is 17.1. The van der Waals surface area contributed by atoms with Crippen molar-refractivity contribution in [3.8, 4) is 0 Å². The Morgan fingerprint density at radius 1 is 1.12 bits per heavy atom. The molecule has 1 aliphatic heterocycles. The molecule has 1 aliphatic rings. The van der Waals surface area contributed by atoms with Gasteiger partial charge in [-0.3, -0.25) is 9.59 Å². The Bertz CT molecular complexity index is 716. The number of nitrogens with one attached hydrogen (secondary N) is 1. The predicted octanol–water partition coefficient (Wildman–Crippen LogP) is 2.60. The van der Waals surface area contributed by atoms with E-state index in [1.165, 1.54) is 24.3 Å². The minimum atomic E-state index is -0.371. The molecule has 124 valence electrons. The largest absolute Gasteiger partial charge is 0.352 e. The summed E-state index contributed by atoms with van der Waals surface area (Å²) in [5.41, 5.74) is 1.52. The summed E-state index contributed by atoms with van der Waals surface area (Å²) in [6.45, 7) is 1.67. The van der Waals surface area contributed by atoms with E-state index in [9.17, 15) is 14.0 Å². The second-order valence-corrected chi connectivity index (χ2v) is 6.05.